The van der Waals surface area contributed by atoms with Crippen LogP contribution in [0.15, 0.2) is 48.5 Å². The van der Waals surface area contributed by atoms with Crippen molar-refractivity contribution in [2.75, 3.05) is 0 Å². The van der Waals surface area contributed by atoms with Gasteiger partial charge in [-0.15, -0.1) is 0 Å². The van der Waals surface area contributed by atoms with Crippen molar-refractivity contribution < 1.29 is 14.3 Å². The first kappa shape index (κ1) is 20.8. The third kappa shape index (κ3) is 4.57. The number of hydrogen-bond donors (Lipinski definition) is 0. The minimum Gasteiger partial charge on any atom is -0.451 e. The summed E-state index contributed by atoms with van der Waals surface area (Å²) in [6, 6.07) is 15.1. The van der Waals surface area contributed by atoms with E-state index in [1.165, 1.54) is 0 Å². The monoisotopic (exact) mass is 410 g/mol. The number of halogens is 1. The van der Waals surface area contributed by atoms with Crippen LogP contribution in [0.3, 0.4) is 0 Å². The number of aromatic nitrogens is 2. The van der Waals surface area contributed by atoms with E-state index in [-0.39, 0.29) is 16.5 Å². The van der Waals surface area contributed by atoms with Crippen LogP contribution in [-0.4, -0.2) is 27.6 Å². The predicted molar refractivity (Wildman–Crippen MR) is 113 cm³/mol. The Balaban J connectivity index is 1.76. The lowest BCUT2D eigenvalue weighted by Gasteiger charge is -2.13. The second-order valence-corrected chi connectivity index (χ2v) is 7.46. The molecule has 5 nitrogen and oxygen atoms in total. The number of ether oxygens (including phenoxy) is 1. The number of Topliss-reactive ketones (excluding diaryl/α,β-unsaturated/α-hetero) is 1. The minimum atomic E-state index is -0.933. The number of rotatable bonds is 6. The summed E-state index contributed by atoms with van der Waals surface area (Å²) < 4.78 is 6.98. The van der Waals surface area contributed by atoms with E-state index >= 15 is 0 Å². The molecule has 0 radical (unpaired) electrons. The van der Waals surface area contributed by atoms with Crippen molar-refractivity contribution in [3.63, 3.8) is 0 Å². The third-order valence-corrected chi connectivity index (χ3v) is 5.27. The lowest BCUT2D eigenvalue weighted by atomic mass is 10.0. The molecule has 6 heteroatoms. The molecule has 150 valence electrons. The summed E-state index contributed by atoms with van der Waals surface area (Å²) in [5.74, 6) is -0.914. The summed E-state index contributed by atoms with van der Waals surface area (Å²) in [7, 11) is 0. The standard InChI is InChI=1S/C23H23ClN2O3/c1-14-10-11-19(12-15(14)2)21(27)17(4)29-23(28)20-16(3)25-26(22(20)24)13-18-8-6-5-7-9-18/h5-12,17H,13H2,1-4H3/t17-/m0/s1. The Morgan fingerprint density at radius 3 is 2.41 bits per heavy atom. The van der Waals surface area contributed by atoms with Crippen molar-refractivity contribution in [2.24, 2.45) is 0 Å². The fourth-order valence-corrected chi connectivity index (χ4v) is 3.36. The summed E-state index contributed by atoms with van der Waals surface area (Å²) in [6.07, 6.45) is -0.933. The van der Waals surface area contributed by atoms with Gasteiger partial charge < -0.3 is 4.74 Å². The number of benzene rings is 2. The van der Waals surface area contributed by atoms with Crippen molar-refractivity contribution in [2.45, 2.75) is 40.3 Å². The van der Waals surface area contributed by atoms with Gasteiger partial charge in [-0.1, -0.05) is 54.1 Å². The SMILES string of the molecule is Cc1ccc(C(=O)[C@H](C)OC(=O)c2c(C)nn(Cc3ccccc3)c2Cl)cc1C. The summed E-state index contributed by atoms with van der Waals surface area (Å²) in [4.78, 5) is 25.4. The number of carbonyl (C=O) groups excluding carboxylic acids is 2. The Bertz CT molecular complexity index is 1060. The van der Waals surface area contributed by atoms with Crippen molar-refractivity contribution in [3.05, 3.63) is 87.2 Å². The first-order valence-corrected chi connectivity index (χ1v) is 9.75. The molecule has 0 saturated heterocycles. The van der Waals surface area contributed by atoms with Gasteiger partial charge in [0.05, 0.1) is 12.2 Å². The maximum Gasteiger partial charge on any atom is 0.343 e. The summed E-state index contributed by atoms with van der Waals surface area (Å²) in [5.41, 5.74) is 4.27. The van der Waals surface area contributed by atoms with E-state index in [0.29, 0.717) is 17.8 Å². The van der Waals surface area contributed by atoms with Crippen LogP contribution in [0.25, 0.3) is 0 Å². The molecule has 3 aromatic rings. The zero-order chi connectivity index (χ0) is 21.1. The predicted octanol–water partition coefficient (Wildman–Crippen LogP) is 4.94. The molecule has 0 fully saturated rings. The highest BCUT2D eigenvalue weighted by Crippen LogP contribution is 2.23. The molecule has 0 unspecified atom stereocenters. The maximum atomic E-state index is 12.7. The van der Waals surface area contributed by atoms with Crippen LogP contribution < -0.4 is 0 Å². The lowest BCUT2D eigenvalue weighted by Crippen LogP contribution is -2.25. The van der Waals surface area contributed by atoms with E-state index in [0.717, 1.165) is 16.7 Å². The lowest BCUT2D eigenvalue weighted by molar-refractivity contribution is 0.0318. The number of aryl methyl sites for hydroxylation is 3. The number of hydrogen-bond acceptors (Lipinski definition) is 4. The van der Waals surface area contributed by atoms with Gasteiger partial charge in [0.1, 0.15) is 10.7 Å². The largest absolute Gasteiger partial charge is 0.451 e. The molecule has 0 amide bonds. The zero-order valence-electron chi connectivity index (χ0n) is 16.9. The number of nitrogens with zero attached hydrogens (tertiary/aromatic N) is 2. The molecule has 0 saturated carbocycles. The van der Waals surface area contributed by atoms with E-state index in [4.69, 9.17) is 16.3 Å². The Kier molecular flexibility index (Phi) is 6.18. The first-order chi connectivity index (χ1) is 13.8. The van der Waals surface area contributed by atoms with Crippen molar-refractivity contribution in [3.8, 4) is 0 Å². The minimum absolute atomic E-state index is 0.183. The Hall–Kier alpha value is -2.92. The van der Waals surface area contributed by atoms with E-state index < -0.39 is 12.1 Å². The van der Waals surface area contributed by atoms with Gasteiger partial charge in [0.25, 0.3) is 0 Å². The third-order valence-electron chi connectivity index (χ3n) is 4.89. The topological polar surface area (TPSA) is 61.2 Å². The molecule has 0 aliphatic heterocycles. The van der Waals surface area contributed by atoms with Crippen LogP contribution in [0.2, 0.25) is 5.15 Å². The fraction of sp³-hybridized carbons (Fsp3) is 0.261. The van der Waals surface area contributed by atoms with E-state index in [2.05, 4.69) is 5.10 Å². The van der Waals surface area contributed by atoms with Gasteiger partial charge in [-0.2, -0.15) is 5.10 Å². The highest BCUT2D eigenvalue weighted by atomic mass is 35.5. The maximum absolute atomic E-state index is 12.7. The van der Waals surface area contributed by atoms with Gasteiger partial charge in [-0.05, 0) is 50.5 Å². The molecule has 1 atom stereocenters. The Morgan fingerprint density at radius 1 is 1.07 bits per heavy atom. The smallest absolute Gasteiger partial charge is 0.343 e. The van der Waals surface area contributed by atoms with E-state index in [1.807, 2.05) is 50.2 Å². The van der Waals surface area contributed by atoms with Crippen LogP contribution in [-0.2, 0) is 11.3 Å². The second kappa shape index (κ2) is 8.62. The Morgan fingerprint density at radius 2 is 1.76 bits per heavy atom. The van der Waals surface area contributed by atoms with Gasteiger partial charge in [0.15, 0.2) is 6.10 Å². The van der Waals surface area contributed by atoms with Crippen molar-refractivity contribution in [1.29, 1.82) is 0 Å². The average molecular weight is 411 g/mol. The highest BCUT2D eigenvalue weighted by Gasteiger charge is 2.26. The van der Waals surface area contributed by atoms with Crippen LogP contribution in [0.5, 0.6) is 0 Å². The molecule has 2 aromatic carbocycles. The summed E-state index contributed by atoms with van der Waals surface area (Å²) >= 11 is 6.41. The van der Waals surface area contributed by atoms with Crippen LogP contribution in [0.1, 0.15) is 50.0 Å². The summed E-state index contributed by atoms with van der Waals surface area (Å²) in [6.45, 7) is 7.61. The molecule has 29 heavy (non-hydrogen) atoms. The molecular weight excluding hydrogens is 388 g/mol. The van der Waals surface area contributed by atoms with Gasteiger partial charge in [-0.3, -0.25) is 4.79 Å². The number of ketones is 1. The van der Waals surface area contributed by atoms with Crippen LogP contribution >= 0.6 is 11.6 Å². The molecule has 1 aromatic heterocycles. The van der Waals surface area contributed by atoms with Gasteiger partial charge in [0.2, 0.25) is 5.78 Å². The molecule has 0 bridgehead atoms. The second-order valence-electron chi connectivity index (χ2n) is 7.11. The van der Waals surface area contributed by atoms with Gasteiger partial charge in [-0.25, -0.2) is 9.48 Å². The molecular formula is C23H23ClN2O3. The van der Waals surface area contributed by atoms with E-state index in [1.54, 1.807) is 30.7 Å². The first-order valence-electron chi connectivity index (χ1n) is 9.37. The Labute approximate surface area is 175 Å². The number of esters is 1. The molecule has 0 aliphatic rings. The molecule has 0 spiro atoms. The summed E-state index contributed by atoms with van der Waals surface area (Å²) in [5, 5.41) is 4.55. The molecule has 1 heterocycles. The van der Waals surface area contributed by atoms with Crippen LogP contribution in [0.4, 0.5) is 0 Å². The fourth-order valence-electron chi connectivity index (χ4n) is 3.05. The molecule has 0 N–H and O–H groups in total. The normalized spacial score (nSPS) is 11.9. The van der Waals surface area contributed by atoms with Crippen molar-refractivity contribution >= 4 is 23.4 Å². The van der Waals surface area contributed by atoms with Gasteiger partial charge in [0, 0.05) is 5.56 Å². The average Bonchev–Trinajstić information content (AvgIpc) is 2.97. The number of carbonyl (C=O) groups is 2. The highest BCUT2D eigenvalue weighted by molar-refractivity contribution is 6.32. The van der Waals surface area contributed by atoms with Gasteiger partial charge >= 0.3 is 5.97 Å². The van der Waals surface area contributed by atoms with E-state index in [9.17, 15) is 9.59 Å². The molecule has 3 rings (SSSR count). The molecule has 0 aliphatic carbocycles. The zero-order valence-corrected chi connectivity index (χ0v) is 17.7. The quantitative estimate of drug-likeness (QED) is 0.426. The van der Waals surface area contributed by atoms with Crippen molar-refractivity contribution in [1.82, 2.24) is 9.78 Å². The van der Waals surface area contributed by atoms with Crippen LogP contribution in [0, 0.1) is 20.8 Å².